The molecule has 0 saturated heterocycles. The van der Waals surface area contributed by atoms with Gasteiger partial charge in [-0.15, -0.1) is 0 Å². The molecule has 0 saturated carbocycles. The fourth-order valence-corrected chi connectivity index (χ4v) is 1.83. The van der Waals surface area contributed by atoms with E-state index in [4.69, 9.17) is 0 Å². The minimum Gasteiger partial charge on any atom is -0.507 e. The van der Waals surface area contributed by atoms with Gasteiger partial charge >= 0.3 is 0 Å². The van der Waals surface area contributed by atoms with E-state index < -0.39 is 0 Å². The first-order valence-corrected chi connectivity index (χ1v) is 5.71. The Labute approximate surface area is 110 Å². The Bertz CT molecular complexity index is 689. The van der Waals surface area contributed by atoms with Crippen LogP contribution in [-0.4, -0.2) is 17.3 Å². The van der Waals surface area contributed by atoms with Crippen molar-refractivity contribution in [1.29, 1.82) is 0 Å². The lowest BCUT2D eigenvalue weighted by Gasteiger charge is -2.10. The van der Waals surface area contributed by atoms with Gasteiger partial charge in [-0.1, -0.05) is 18.7 Å². The molecule has 1 amide bonds. The molecule has 4 heteroatoms. The number of phenolic OH excluding ortho intramolecular Hbond substituents is 1. The van der Waals surface area contributed by atoms with Crippen molar-refractivity contribution in [3.05, 3.63) is 48.0 Å². The maximum absolute atomic E-state index is 11.6. The third-order valence-corrected chi connectivity index (χ3v) is 2.83. The summed E-state index contributed by atoms with van der Waals surface area (Å²) >= 11 is 0. The van der Waals surface area contributed by atoms with Gasteiger partial charge in [0.1, 0.15) is 5.75 Å². The van der Waals surface area contributed by atoms with Gasteiger partial charge in [0.2, 0.25) is 0 Å². The number of aromatic hydroxyl groups is 1. The van der Waals surface area contributed by atoms with Crippen LogP contribution in [0.25, 0.3) is 10.8 Å². The van der Waals surface area contributed by atoms with Gasteiger partial charge in [0.05, 0.1) is 5.56 Å². The minimum atomic E-state index is -0.284. The Morgan fingerprint density at radius 1 is 1.26 bits per heavy atom. The number of aldehydes is 1. The van der Waals surface area contributed by atoms with Gasteiger partial charge in [0.25, 0.3) is 5.91 Å². The maximum Gasteiger partial charge on any atom is 0.250 e. The van der Waals surface area contributed by atoms with E-state index in [2.05, 4.69) is 11.9 Å². The highest BCUT2D eigenvalue weighted by molar-refractivity contribution is 6.11. The number of fused-ring (bicyclic) bond motifs is 1. The van der Waals surface area contributed by atoms with E-state index in [1.54, 1.807) is 31.2 Å². The quantitative estimate of drug-likeness (QED) is 0.654. The van der Waals surface area contributed by atoms with E-state index in [9.17, 15) is 14.7 Å². The van der Waals surface area contributed by atoms with E-state index in [1.807, 2.05) is 0 Å². The highest BCUT2D eigenvalue weighted by atomic mass is 16.3. The van der Waals surface area contributed by atoms with Crippen molar-refractivity contribution >= 4 is 28.7 Å². The average Bonchev–Trinajstić information content (AvgIpc) is 2.38. The third-order valence-electron chi connectivity index (χ3n) is 2.83. The highest BCUT2D eigenvalue weighted by Gasteiger charge is 2.10. The maximum atomic E-state index is 11.6. The Morgan fingerprint density at radius 3 is 2.63 bits per heavy atom. The average molecular weight is 255 g/mol. The number of nitrogens with one attached hydrogen (secondary N) is 1. The van der Waals surface area contributed by atoms with E-state index in [-0.39, 0.29) is 17.2 Å². The molecule has 0 aromatic heterocycles. The standard InChI is InChI=1S/C15H13NO3/c1-9(2)15(19)16-13-5-3-4-10-11(13)6-7-14(18)12(10)8-17/h3-8,18H,1H2,2H3,(H,16,19). The Morgan fingerprint density at radius 2 is 2.00 bits per heavy atom. The van der Waals surface area contributed by atoms with Crippen LogP contribution in [0.15, 0.2) is 42.5 Å². The molecule has 2 aromatic rings. The van der Waals surface area contributed by atoms with Crippen molar-refractivity contribution in [2.75, 3.05) is 5.32 Å². The lowest BCUT2D eigenvalue weighted by Crippen LogP contribution is -2.12. The summed E-state index contributed by atoms with van der Waals surface area (Å²) in [6.45, 7) is 5.19. The monoisotopic (exact) mass is 255 g/mol. The largest absolute Gasteiger partial charge is 0.507 e. The second-order valence-electron chi connectivity index (χ2n) is 4.25. The van der Waals surface area contributed by atoms with Crippen LogP contribution >= 0.6 is 0 Å². The summed E-state index contributed by atoms with van der Waals surface area (Å²) in [4.78, 5) is 22.7. The van der Waals surface area contributed by atoms with Gasteiger partial charge in [0, 0.05) is 16.6 Å². The summed E-state index contributed by atoms with van der Waals surface area (Å²) in [5.74, 6) is -0.362. The predicted molar refractivity (Wildman–Crippen MR) is 74.4 cm³/mol. The van der Waals surface area contributed by atoms with Gasteiger partial charge in [0.15, 0.2) is 6.29 Å². The minimum absolute atomic E-state index is 0.0779. The molecule has 0 atom stereocenters. The van der Waals surface area contributed by atoms with Crippen LogP contribution in [0.1, 0.15) is 17.3 Å². The van der Waals surface area contributed by atoms with E-state index in [0.29, 0.717) is 28.3 Å². The first kappa shape index (κ1) is 12.8. The molecule has 0 bridgehead atoms. The molecule has 0 aliphatic heterocycles. The first-order valence-electron chi connectivity index (χ1n) is 5.71. The van der Waals surface area contributed by atoms with Crippen LogP contribution in [0.4, 0.5) is 5.69 Å². The summed E-state index contributed by atoms with van der Waals surface area (Å²) in [7, 11) is 0. The van der Waals surface area contributed by atoms with Crippen molar-refractivity contribution in [3.63, 3.8) is 0 Å². The van der Waals surface area contributed by atoms with Crippen molar-refractivity contribution in [1.82, 2.24) is 0 Å². The van der Waals surface area contributed by atoms with Crippen molar-refractivity contribution in [3.8, 4) is 5.75 Å². The van der Waals surface area contributed by atoms with E-state index >= 15 is 0 Å². The molecule has 96 valence electrons. The number of benzene rings is 2. The van der Waals surface area contributed by atoms with Crippen LogP contribution in [0.3, 0.4) is 0 Å². The molecule has 2 aromatic carbocycles. The normalized spacial score (nSPS) is 10.2. The summed E-state index contributed by atoms with van der Waals surface area (Å²) in [5, 5.41) is 13.6. The van der Waals surface area contributed by atoms with Gasteiger partial charge in [-0.3, -0.25) is 9.59 Å². The van der Waals surface area contributed by atoms with E-state index in [1.165, 1.54) is 6.07 Å². The fraction of sp³-hybridized carbons (Fsp3) is 0.0667. The van der Waals surface area contributed by atoms with Gasteiger partial charge in [-0.25, -0.2) is 0 Å². The third kappa shape index (κ3) is 2.33. The van der Waals surface area contributed by atoms with Crippen molar-refractivity contribution < 1.29 is 14.7 Å². The summed E-state index contributed by atoms with van der Waals surface area (Å²) in [6, 6.07) is 8.25. The summed E-state index contributed by atoms with van der Waals surface area (Å²) in [5.41, 5.74) is 1.18. The summed E-state index contributed by atoms with van der Waals surface area (Å²) < 4.78 is 0. The smallest absolute Gasteiger partial charge is 0.250 e. The van der Waals surface area contributed by atoms with Crippen molar-refractivity contribution in [2.24, 2.45) is 0 Å². The molecule has 0 aliphatic rings. The first-order chi connectivity index (χ1) is 9.04. The zero-order valence-electron chi connectivity index (χ0n) is 10.4. The lowest BCUT2D eigenvalue weighted by atomic mass is 10.0. The molecule has 0 aliphatic carbocycles. The van der Waals surface area contributed by atoms with Gasteiger partial charge in [-0.05, 0) is 30.5 Å². The molecule has 0 radical (unpaired) electrons. The predicted octanol–water partition coefficient (Wildman–Crippen LogP) is 2.87. The van der Waals surface area contributed by atoms with E-state index in [0.717, 1.165) is 0 Å². The zero-order chi connectivity index (χ0) is 14.0. The second-order valence-corrected chi connectivity index (χ2v) is 4.25. The molecular formula is C15H13NO3. The fourth-order valence-electron chi connectivity index (χ4n) is 1.83. The molecule has 19 heavy (non-hydrogen) atoms. The van der Waals surface area contributed by atoms with Crippen LogP contribution in [0.5, 0.6) is 5.75 Å². The zero-order valence-corrected chi connectivity index (χ0v) is 10.4. The number of amides is 1. The summed E-state index contributed by atoms with van der Waals surface area (Å²) in [6.07, 6.45) is 0.599. The Hall–Kier alpha value is -2.62. The Balaban J connectivity index is 2.61. The molecule has 0 spiro atoms. The number of carbonyl (C=O) groups is 2. The number of phenols is 1. The number of hydrogen-bond donors (Lipinski definition) is 2. The molecule has 0 unspecified atom stereocenters. The van der Waals surface area contributed by atoms with Gasteiger partial charge < -0.3 is 10.4 Å². The number of carbonyl (C=O) groups excluding carboxylic acids is 2. The molecule has 2 rings (SSSR count). The molecule has 0 fully saturated rings. The molecular weight excluding hydrogens is 242 g/mol. The van der Waals surface area contributed by atoms with Crippen LogP contribution in [0, 0.1) is 0 Å². The SMILES string of the molecule is C=C(C)C(=O)Nc1cccc2c(C=O)c(O)ccc12. The van der Waals surface area contributed by atoms with Crippen LogP contribution < -0.4 is 5.32 Å². The Kier molecular flexibility index (Phi) is 3.33. The molecule has 2 N–H and O–H groups in total. The van der Waals surface area contributed by atoms with Gasteiger partial charge in [-0.2, -0.15) is 0 Å². The van der Waals surface area contributed by atoms with Crippen molar-refractivity contribution in [2.45, 2.75) is 6.92 Å². The lowest BCUT2D eigenvalue weighted by molar-refractivity contribution is -0.112. The number of hydrogen-bond acceptors (Lipinski definition) is 3. The second kappa shape index (κ2) is 4.94. The molecule has 0 heterocycles. The van der Waals surface area contributed by atoms with Crippen LogP contribution in [-0.2, 0) is 4.79 Å². The highest BCUT2D eigenvalue weighted by Crippen LogP contribution is 2.30. The molecule has 4 nitrogen and oxygen atoms in total. The number of anilines is 1. The van der Waals surface area contributed by atoms with Crippen LogP contribution in [0.2, 0.25) is 0 Å². The topological polar surface area (TPSA) is 66.4 Å². The number of rotatable bonds is 3.